The average Bonchev–Trinajstić information content (AvgIpc) is 3.60. The first kappa shape index (κ1) is 25.1. The molecule has 0 unspecified atom stereocenters. The second-order valence-electron chi connectivity index (χ2n) is 12.0. The van der Waals surface area contributed by atoms with E-state index in [4.69, 9.17) is 4.99 Å². The molecular formula is C36H34N2O2S. The van der Waals surface area contributed by atoms with Crippen molar-refractivity contribution in [2.75, 3.05) is 37.5 Å². The van der Waals surface area contributed by atoms with Crippen molar-refractivity contribution in [3.63, 3.8) is 0 Å². The Balaban J connectivity index is 1.51. The van der Waals surface area contributed by atoms with Crippen molar-refractivity contribution in [2.24, 2.45) is 4.99 Å². The second kappa shape index (κ2) is 8.93. The normalized spacial score (nSPS) is 17.3. The lowest BCUT2D eigenvalue weighted by Crippen LogP contribution is -2.27. The zero-order valence-electron chi connectivity index (χ0n) is 23.8. The summed E-state index contributed by atoms with van der Waals surface area (Å²) in [5.41, 5.74) is 9.73. The largest absolute Gasteiger partial charge is 0.392 e. The van der Waals surface area contributed by atoms with E-state index in [0.29, 0.717) is 0 Å². The summed E-state index contributed by atoms with van der Waals surface area (Å²) in [5, 5.41) is 27.6. The van der Waals surface area contributed by atoms with E-state index in [-0.39, 0.29) is 13.2 Å². The first-order chi connectivity index (χ1) is 19.9. The molecule has 5 aromatic rings. The van der Waals surface area contributed by atoms with Crippen LogP contribution in [0.3, 0.4) is 0 Å². The molecule has 0 saturated carbocycles. The molecule has 0 atom stereocenters. The third-order valence-corrected chi connectivity index (χ3v) is 12.5. The van der Waals surface area contributed by atoms with Gasteiger partial charge in [-0.3, -0.25) is 4.99 Å². The van der Waals surface area contributed by atoms with E-state index in [1.165, 1.54) is 43.0 Å². The Hall–Kier alpha value is -3.64. The lowest BCUT2D eigenvalue weighted by atomic mass is 9.87. The number of rotatable bonds is 3. The van der Waals surface area contributed by atoms with Gasteiger partial charge in [0.05, 0.1) is 18.6 Å². The van der Waals surface area contributed by atoms with Gasteiger partial charge in [0.1, 0.15) is 0 Å². The fourth-order valence-corrected chi connectivity index (χ4v) is 9.97. The molecule has 5 aromatic carbocycles. The van der Waals surface area contributed by atoms with Gasteiger partial charge in [-0.05, 0) is 121 Å². The van der Waals surface area contributed by atoms with Crippen LogP contribution in [-0.2, 0) is 26.1 Å². The summed E-state index contributed by atoms with van der Waals surface area (Å²) in [6, 6.07) is 24.5. The molecule has 0 aliphatic carbocycles. The number of anilines is 1. The third kappa shape index (κ3) is 3.46. The van der Waals surface area contributed by atoms with E-state index in [1.807, 2.05) is 18.2 Å². The first-order valence-electron chi connectivity index (χ1n) is 14.4. The van der Waals surface area contributed by atoms with Crippen LogP contribution >= 0.6 is 10.0 Å². The van der Waals surface area contributed by atoms with Gasteiger partial charge in [-0.2, -0.15) is 10.0 Å². The highest BCUT2D eigenvalue weighted by molar-refractivity contribution is 8.32. The molecule has 0 radical (unpaired) electrons. The van der Waals surface area contributed by atoms with Gasteiger partial charge < -0.3 is 15.1 Å². The molecular weight excluding hydrogens is 524 g/mol. The maximum absolute atomic E-state index is 10.6. The molecule has 0 saturated heterocycles. The van der Waals surface area contributed by atoms with E-state index in [1.54, 1.807) is 0 Å². The molecule has 0 spiro atoms. The Morgan fingerprint density at radius 2 is 1.51 bits per heavy atom. The van der Waals surface area contributed by atoms with Gasteiger partial charge in [0.15, 0.2) is 0 Å². The Kier molecular flexibility index (Phi) is 5.47. The molecule has 3 aliphatic rings. The van der Waals surface area contributed by atoms with Gasteiger partial charge in [-0.1, -0.05) is 36.4 Å². The highest BCUT2D eigenvalue weighted by Crippen LogP contribution is 2.61. The minimum absolute atomic E-state index is 0.0445. The highest BCUT2D eigenvalue weighted by atomic mass is 32.3. The molecule has 8 rings (SSSR count). The van der Waals surface area contributed by atoms with E-state index < -0.39 is 10.0 Å². The number of benzene rings is 5. The van der Waals surface area contributed by atoms with Crippen molar-refractivity contribution in [1.82, 2.24) is 0 Å². The molecule has 5 heteroatoms. The third-order valence-electron chi connectivity index (χ3n) is 9.64. The monoisotopic (exact) mass is 558 g/mol. The van der Waals surface area contributed by atoms with Crippen LogP contribution in [0.25, 0.3) is 27.1 Å². The van der Waals surface area contributed by atoms with Crippen LogP contribution in [0.1, 0.15) is 33.4 Å². The lowest BCUT2D eigenvalue weighted by Gasteiger charge is -2.40. The van der Waals surface area contributed by atoms with Gasteiger partial charge in [0.25, 0.3) is 0 Å². The van der Waals surface area contributed by atoms with E-state index in [2.05, 4.69) is 73.0 Å². The average molecular weight is 559 g/mol. The predicted octanol–water partition coefficient (Wildman–Crippen LogP) is 5.19. The van der Waals surface area contributed by atoms with Crippen molar-refractivity contribution in [1.29, 1.82) is 0 Å². The quantitative estimate of drug-likeness (QED) is 0.300. The summed E-state index contributed by atoms with van der Waals surface area (Å²) in [4.78, 5) is 10.1. The Labute approximate surface area is 241 Å². The van der Waals surface area contributed by atoms with Crippen LogP contribution in [0.15, 0.2) is 81.5 Å². The van der Waals surface area contributed by atoms with Crippen molar-refractivity contribution in [3.8, 4) is 0 Å². The van der Waals surface area contributed by atoms with Gasteiger partial charge in [-0.15, -0.1) is 0 Å². The number of aliphatic hydroxyl groups excluding tert-OH is 2. The molecule has 41 heavy (non-hydrogen) atoms. The second-order valence-corrected chi connectivity index (χ2v) is 15.6. The molecule has 2 N–H and O–H groups in total. The minimum Gasteiger partial charge on any atom is -0.392 e. The van der Waals surface area contributed by atoms with Crippen molar-refractivity contribution in [3.05, 3.63) is 111 Å². The van der Waals surface area contributed by atoms with Gasteiger partial charge >= 0.3 is 0 Å². The number of hydrogen-bond acceptors (Lipinski definition) is 4. The molecule has 0 fully saturated rings. The lowest BCUT2D eigenvalue weighted by molar-refractivity contribution is 0.282. The van der Waals surface area contributed by atoms with Crippen LogP contribution in [0.2, 0.25) is 0 Å². The zero-order chi connectivity index (χ0) is 28.0. The van der Waals surface area contributed by atoms with Crippen LogP contribution in [0.5, 0.6) is 0 Å². The van der Waals surface area contributed by atoms with Crippen molar-refractivity contribution < 1.29 is 10.2 Å². The molecule has 0 bridgehead atoms. The molecule has 3 heterocycles. The summed E-state index contributed by atoms with van der Waals surface area (Å²) in [5.74, 6) is 0. The smallest absolute Gasteiger partial charge is 0.0693 e. The van der Waals surface area contributed by atoms with E-state index in [9.17, 15) is 10.2 Å². The number of fused-ring (bicyclic) bond motifs is 6. The standard InChI is InChI=1S/C36H34N2O2S/c1-38-13-11-22-15-29-35(18-33(22)38)41(2,3)34-17-32-21(10-12-37-32)14-28(34)36(29)23-8-9-26-27(16-23)31(20-40)25-7-5-4-6-24(25)30(26)19-39/h4-9,14-18,39-40H,10-13,19-20H2,1-3H3. The van der Waals surface area contributed by atoms with Crippen molar-refractivity contribution in [2.45, 2.75) is 35.8 Å². The van der Waals surface area contributed by atoms with Gasteiger partial charge in [0.2, 0.25) is 0 Å². The van der Waals surface area contributed by atoms with Crippen LogP contribution in [0.4, 0.5) is 5.69 Å². The summed E-state index contributed by atoms with van der Waals surface area (Å²) >= 11 is 0. The van der Waals surface area contributed by atoms with Crippen LogP contribution in [0, 0.1) is 0 Å². The number of hydrogen-bond donors (Lipinski definition) is 2. The number of aliphatic hydroxyl groups is 2. The SMILES string of the molecule is CN1CCc2cc3c(cc21)S(C)(C)c1cc2c(cc1=C3c1ccc3c(CO)c4ccccc4c(CO)c3c1)CCN=2. The fourth-order valence-electron chi connectivity index (χ4n) is 7.50. The summed E-state index contributed by atoms with van der Waals surface area (Å²) in [6.07, 6.45) is 6.93. The Morgan fingerprint density at radius 1 is 0.780 bits per heavy atom. The van der Waals surface area contributed by atoms with Gasteiger partial charge in [0, 0.05) is 35.6 Å². The molecule has 0 aromatic heterocycles. The Morgan fingerprint density at radius 3 is 2.27 bits per heavy atom. The maximum Gasteiger partial charge on any atom is 0.0693 e. The highest BCUT2D eigenvalue weighted by Gasteiger charge is 2.33. The van der Waals surface area contributed by atoms with Crippen LogP contribution < -0.4 is 15.5 Å². The fraction of sp³-hybridized carbons (Fsp3) is 0.250. The molecule has 206 valence electrons. The zero-order valence-corrected chi connectivity index (χ0v) is 24.6. The minimum atomic E-state index is -1.28. The van der Waals surface area contributed by atoms with Gasteiger partial charge in [-0.25, -0.2) is 0 Å². The number of likely N-dealkylation sites (N-methyl/N-ethyl adjacent to an activating group) is 1. The topological polar surface area (TPSA) is 56.1 Å². The summed E-state index contributed by atoms with van der Waals surface area (Å²) in [7, 11) is 0.921. The Bertz CT molecular complexity index is 2080. The number of nitrogens with zero attached hydrogens (tertiary/aromatic N) is 2. The summed E-state index contributed by atoms with van der Waals surface area (Å²) in [6.45, 7) is 1.82. The van der Waals surface area contributed by atoms with Crippen molar-refractivity contribution >= 4 is 42.8 Å². The summed E-state index contributed by atoms with van der Waals surface area (Å²) < 4.78 is 0. The maximum atomic E-state index is 10.6. The molecule has 4 nitrogen and oxygen atoms in total. The predicted molar refractivity (Wildman–Crippen MR) is 170 cm³/mol. The van der Waals surface area contributed by atoms with E-state index >= 15 is 0 Å². The van der Waals surface area contributed by atoms with E-state index in [0.717, 1.165) is 69.5 Å². The van der Waals surface area contributed by atoms with Crippen LogP contribution in [-0.4, -0.2) is 42.9 Å². The first-order valence-corrected chi connectivity index (χ1v) is 16.9. The molecule has 0 amide bonds. The molecule has 3 aliphatic heterocycles.